The van der Waals surface area contributed by atoms with E-state index in [1.165, 1.54) is 24.0 Å². The largest absolute Gasteiger partial charge is 0.349 e. The Labute approximate surface area is 121 Å². The zero-order valence-electron chi connectivity index (χ0n) is 12.0. The molecule has 1 saturated heterocycles. The molecule has 3 nitrogen and oxygen atoms in total. The zero-order valence-corrected chi connectivity index (χ0v) is 12.0. The van der Waals surface area contributed by atoms with Crippen molar-refractivity contribution in [1.29, 1.82) is 0 Å². The minimum absolute atomic E-state index is 0.221. The van der Waals surface area contributed by atoms with Gasteiger partial charge in [0.25, 0.3) is 0 Å². The van der Waals surface area contributed by atoms with Crippen LogP contribution >= 0.6 is 0 Å². The summed E-state index contributed by atoms with van der Waals surface area (Å²) in [6, 6.07) is 8.76. The molecule has 0 spiro atoms. The van der Waals surface area contributed by atoms with E-state index in [-0.39, 0.29) is 11.9 Å². The molecular formula is C17H24N2O. The van der Waals surface area contributed by atoms with Crippen LogP contribution in [0.4, 0.5) is 0 Å². The maximum absolute atomic E-state index is 12.1. The Balaban J connectivity index is 1.54. The zero-order chi connectivity index (χ0) is 13.8. The summed E-state index contributed by atoms with van der Waals surface area (Å²) in [5.74, 6) is 0.915. The molecule has 3 rings (SSSR count). The van der Waals surface area contributed by atoms with Crippen LogP contribution in [0.25, 0.3) is 0 Å². The van der Waals surface area contributed by atoms with Crippen molar-refractivity contribution in [2.24, 2.45) is 5.92 Å². The number of fused-ring (bicyclic) bond motifs is 1. The molecule has 3 heteroatoms. The van der Waals surface area contributed by atoms with Gasteiger partial charge in [-0.2, -0.15) is 0 Å². The topological polar surface area (TPSA) is 41.1 Å². The summed E-state index contributed by atoms with van der Waals surface area (Å²) >= 11 is 0. The van der Waals surface area contributed by atoms with Gasteiger partial charge in [0.15, 0.2) is 0 Å². The van der Waals surface area contributed by atoms with Crippen LogP contribution in [-0.4, -0.2) is 19.0 Å². The van der Waals surface area contributed by atoms with Crippen molar-refractivity contribution in [1.82, 2.24) is 10.6 Å². The summed E-state index contributed by atoms with van der Waals surface area (Å²) < 4.78 is 0. The van der Waals surface area contributed by atoms with Crippen LogP contribution in [0.3, 0.4) is 0 Å². The van der Waals surface area contributed by atoms with Crippen LogP contribution in [-0.2, 0) is 11.2 Å². The van der Waals surface area contributed by atoms with Crippen molar-refractivity contribution >= 4 is 5.91 Å². The quantitative estimate of drug-likeness (QED) is 0.884. The Hall–Kier alpha value is -1.35. The fraction of sp³-hybridized carbons (Fsp3) is 0.588. The molecule has 1 aromatic carbocycles. The summed E-state index contributed by atoms with van der Waals surface area (Å²) in [4.78, 5) is 12.1. The third kappa shape index (κ3) is 3.21. The van der Waals surface area contributed by atoms with Crippen LogP contribution in [0.15, 0.2) is 24.3 Å². The van der Waals surface area contributed by atoms with Gasteiger partial charge in [-0.15, -0.1) is 0 Å². The predicted octanol–water partition coefficient (Wildman–Crippen LogP) is 2.57. The lowest BCUT2D eigenvalue weighted by Crippen LogP contribution is -2.31. The third-order valence-corrected chi connectivity index (χ3v) is 4.65. The van der Waals surface area contributed by atoms with Crippen molar-refractivity contribution in [3.8, 4) is 0 Å². The molecule has 1 amide bonds. The summed E-state index contributed by atoms with van der Waals surface area (Å²) in [6.07, 6.45) is 6.32. The minimum Gasteiger partial charge on any atom is -0.349 e. The Morgan fingerprint density at radius 1 is 1.30 bits per heavy atom. The number of hydrogen-bond acceptors (Lipinski definition) is 2. The normalized spacial score (nSPS) is 25.2. The molecule has 108 valence electrons. The number of hydrogen-bond donors (Lipinski definition) is 2. The number of aryl methyl sites for hydroxylation is 1. The molecule has 2 atom stereocenters. The van der Waals surface area contributed by atoms with E-state index in [2.05, 4.69) is 34.9 Å². The molecule has 0 aromatic heterocycles. The second-order valence-electron chi connectivity index (χ2n) is 6.11. The van der Waals surface area contributed by atoms with Crippen LogP contribution in [0, 0.1) is 5.92 Å². The molecule has 0 bridgehead atoms. The van der Waals surface area contributed by atoms with Gasteiger partial charge < -0.3 is 10.6 Å². The van der Waals surface area contributed by atoms with E-state index in [0.717, 1.165) is 32.4 Å². The summed E-state index contributed by atoms with van der Waals surface area (Å²) in [5, 5.41) is 6.60. The second kappa shape index (κ2) is 6.40. The highest BCUT2D eigenvalue weighted by molar-refractivity contribution is 5.76. The molecule has 1 aliphatic carbocycles. The second-order valence-corrected chi connectivity index (χ2v) is 6.11. The first-order chi connectivity index (χ1) is 9.83. The van der Waals surface area contributed by atoms with Crippen molar-refractivity contribution < 1.29 is 4.79 Å². The Kier molecular flexibility index (Phi) is 4.36. The number of benzene rings is 1. The molecule has 0 radical (unpaired) electrons. The lowest BCUT2D eigenvalue weighted by molar-refractivity contribution is -0.122. The SMILES string of the molecule is O=C(CCC1CCNC1)NC1CCCc2ccccc21. The van der Waals surface area contributed by atoms with Crippen LogP contribution in [0.2, 0.25) is 0 Å². The fourth-order valence-corrected chi connectivity index (χ4v) is 3.47. The first kappa shape index (κ1) is 13.6. The van der Waals surface area contributed by atoms with Gasteiger partial charge in [0.05, 0.1) is 6.04 Å². The summed E-state index contributed by atoms with van der Waals surface area (Å²) in [5.41, 5.74) is 2.73. The van der Waals surface area contributed by atoms with Gasteiger partial charge in [0.2, 0.25) is 5.91 Å². The molecule has 1 fully saturated rings. The van der Waals surface area contributed by atoms with Crippen LogP contribution < -0.4 is 10.6 Å². The molecule has 2 N–H and O–H groups in total. The maximum atomic E-state index is 12.1. The van der Waals surface area contributed by atoms with E-state index in [4.69, 9.17) is 0 Å². The van der Waals surface area contributed by atoms with E-state index in [1.807, 2.05) is 0 Å². The lowest BCUT2D eigenvalue weighted by atomic mass is 9.87. The Morgan fingerprint density at radius 3 is 3.05 bits per heavy atom. The number of carbonyl (C=O) groups excluding carboxylic acids is 1. The van der Waals surface area contributed by atoms with Gasteiger partial charge in [-0.1, -0.05) is 24.3 Å². The minimum atomic E-state index is 0.221. The number of carbonyl (C=O) groups is 1. The Bertz CT molecular complexity index is 466. The highest BCUT2D eigenvalue weighted by Gasteiger charge is 2.22. The van der Waals surface area contributed by atoms with Gasteiger partial charge >= 0.3 is 0 Å². The monoisotopic (exact) mass is 272 g/mol. The van der Waals surface area contributed by atoms with Gasteiger partial charge in [0, 0.05) is 6.42 Å². The molecule has 1 heterocycles. The van der Waals surface area contributed by atoms with E-state index in [9.17, 15) is 4.79 Å². The number of amides is 1. The average molecular weight is 272 g/mol. The van der Waals surface area contributed by atoms with Gasteiger partial charge in [-0.05, 0) is 62.2 Å². The molecule has 2 aliphatic rings. The van der Waals surface area contributed by atoms with Crippen LogP contribution in [0.5, 0.6) is 0 Å². The lowest BCUT2D eigenvalue weighted by Gasteiger charge is -2.26. The predicted molar refractivity (Wildman–Crippen MR) is 80.5 cm³/mol. The maximum Gasteiger partial charge on any atom is 0.220 e. The van der Waals surface area contributed by atoms with Crippen molar-refractivity contribution in [2.45, 2.75) is 44.6 Å². The summed E-state index contributed by atoms with van der Waals surface area (Å²) in [7, 11) is 0. The first-order valence-electron chi connectivity index (χ1n) is 7.91. The molecule has 1 aromatic rings. The highest BCUT2D eigenvalue weighted by Crippen LogP contribution is 2.29. The highest BCUT2D eigenvalue weighted by atomic mass is 16.1. The van der Waals surface area contributed by atoms with E-state index < -0.39 is 0 Å². The van der Waals surface area contributed by atoms with Crippen molar-refractivity contribution in [3.05, 3.63) is 35.4 Å². The van der Waals surface area contributed by atoms with Gasteiger partial charge in [-0.25, -0.2) is 0 Å². The van der Waals surface area contributed by atoms with Gasteiger partial charge in [-0.3, -0.25) is 4.79 Å². The molecule has 0 saturated carbocycles. The number of rotatable bonds is 4. The van der Waals surface area contributed by atoms with E-state index in [1.54, 1.807) is 0 Å². The standard InChI is InChI=1S/C17H24N2O/c20-17(9-8-13-10-11-18-12-13)19-16-7-3-5-14-4-1-2-6-15(14)16/h1-2,4,6,13,16,18H,3,5,7-12H2,(H,19,20). The van der Waals surface area contributed by atoms with Gasteiger partial charge in [0.1, 0.15) is 0 Å². The third-order valence-electron chi connectivity index (χ3n) is 4.65. The van der Waals surface area contributed by atoms with Crippen molar-refractivity contribution in [2.75, 3.05) is 13.1 Å². The van der Waals surface area contributed by atoms with Crippen LogP contribution in [0.1, 0.15) is 49.3 Å². The fourth-order valence-electron chi connectivity index (χ4n) is 3.47. The number of nitrogens with one attached hydrogen (secondary N) is 2. The smallest absolute Gasteiger partial charge is 0.220 e. The molecule has 1 aliphatic heterocycles. The van der Waals surface area contributed by atoms with Crippen molar-refractivity contribution in [3.63, 3.8) is 0 Å². The molecular weight excluding hydrogens is 248 g/mol. The summed E-state index contributed by atoms with van der Waals surface area (Å²) in [6.45, 7) is 2.20. The van der Waals surface area contributed by atoms with E-state index in [0.29, 0.717) is 12.3 Å². The molecule has 2 unspecified atom stereocenters. The average Bonchev–Trinajstić information content (AvgIpc) is 2.99. The van der Waals surface area contributed by atoms with E-state index >= 15 is 0 Å². The first-order valence-corrected chi connectivity index (χ1v) is 7.91. The molecule has 20 heavy (non-hydrogen) atoms. The Morgan fingerprint density at radius 2 is 2.20 bits per heavy atom.